The first-order valence-electron chi connectivity index (χ1n) is 29.7. The maximum atomic E-state index is 12.9. The van der Waals surface area contributed by atoms with Crippen molar-refractivity contribution in [2.75, 3.05) is 87.1 Å². The predicted octanol–water partition coefficient (Wildman–Crippen LogP) is 11.1. The maximum absolute atomic E-state index is 12.9. The Hall–Kier alpha value is -5.22. The molecule has 6 N–H and O–H groups in total. The van der Waals surface area contributed by atoms with Gasteiger partial charge in [-0.15, -0.1) is 0 Å². The second-order valence-electron chi connectivity index (χ2n) is 25.4. The van der Waals surface area contributed by atoms with E-state index in [0.29, 0.717) is 41.4 Å². The molecular weight excluding hydrogens is 1090 g/mol. The fraction of sp³-hybridized carbons (Fsp3) is 0.613. The molecule has 11 rings (SSSR count). The fourth-order valence-corrected chi connectivity index (χ4v) is 12.5. The summed E-state index contributed by atoms with van der Waals surface area (Å²) in [4.78, 5) is 38.5. The number of nitrogens with zero attached hydrogens (tertiary/aromatic N) is 4. The number of hydrogen-bond acceptors (Lipinski definition) is 12. The molecule has 2 aromatic heterocycles. The Morgan fingerprint density at radius 2 is 1.24 bits per heavy atom. The Kier molecular flexibility index (Phi) is 19.1. The summed E-state index contributed by atoms with van der Waals surface area (Å²) in [5.41, 5.74) is 7.95. The van der Waals surface area contributed by atoms with Crippen LogP contribution in [0.4, 0.5) is 45.8 Å². The van der Waals surface area contributed by atoms with Crippen LogP contribution in [0.3, 0.4) is 0 Å². The maximum Gasteiger partial charge on any atom is 0.495 e. The van der Waals surface area contributed by atoms with E-state index in [4.69, 9.17) is 45.5 Å². The number of fused-ring (bicyclic) bond motifs is 2. The number of pyridine rings is 2. The van der Waals surface area contributed by atoms with Gasteiger partial charge in [0.15, 0.2) is 0 Å². The number of carbonyl (C=O) groups is 2. The van der Waals surface area contributed by atoms with Gasteiger partial charge in [0.1, 0.15) is 11.6 Å². The van der Waals surface area contributed by atoms with Crippen LogP contribution in [0.25, 0.3) is 11.1 Å². The third kappa shape index (κ3) is 14.7. The molecule has 4 aromatic rings. The SMILES string of the molecule is CC[C@@H]1CCN(C(=O)Nc2ccc(C)c(-c3cc(N[C@H](C)CO)nc(C45CCOCC4C5)c3)c2)C1.C[C@H](CO)Nc1cc(Cl)cc(C23CCOCC2C3)n1.Cc1ccc(NC(=O)N2CC[C@@H](CC(F)(F)F)C2)cc1B1OC(C)(C)C(C)(C)O1. The van der Waals surface area contributed by atoms with Crippen molar-refractivity contribution >= 4 is 59.3 Å². The van der Waals surface area contributed by atoms with E-state index < -0.39 is 42.9 Å². The van der Waals surface area contributed by atoms with Crippen molar-refractivity contribution in [2.45, 2.75) is 154 Å². The topological polar surface area (TPSA) is 192 Å². The van der Waals surface area contributed by atoms with Gasteiger partial charge in [-0.2, -0.15) is 13.2 Å². The van der Waals surface area contributed by atoms with Crippen molar-refractivity contribution in [1.29, 1.82) is 0 Å². The number of rotatable bonds is 14. The first-order valence-corrected chi connectivity index (χ1v) is 30.1. The molecule has 7 aliphatic rings. The Balaban J connectivity index is 0.000000156. The van der Waals surface area contributed by atoms with Crippen LogP contribution in [-0.4, -0.2) is 144 Å². The molecule has 5 saturated heterocycles. The number of aromatic nitrogens is 2. The molecule has 0 bridgehead atoms. The summed E-state index contributed by atoms with van der Waals surface area (Å²) in [6, 6.07) is 19.1. The molecule has 2 aromatic carbocycles. The largest absolute Gasteiger partial charge is 0.495 e. The highest BCUT2D eigenvalue weighted by Crippen LogP contribution is 2.60. The summed E-state index contributed by atoms with van der Waals surface area (Å²) >= 11 is 6.20. The molecule has 16 nitrogen and oxygen atoms in total. The highest BCUT2D eigenvalue weighted by atomic mass is 35.5. The summed E-state index contributed by atoms with van der Waals surface area (Å²) in [5.74, 6) is 2.71. The van der Waals surface area contributed by atoms with E-state index in [1.165, 1.54) is 4.90 Å². The molecule has 0 spiro atoms. The zero-order valence-electron chi connectivity index (χ0n) is 49.7. The molecule has 5 aliphatic heterocycles. The Morgan fingerprint density at radius 1 is 0.735 bits per heavy atom. The van der Waals surface area contributed by atoms with Crippen molar-refractivity contribution < 1.29 is 51.8 Å². The number of nitrogens with one attached hydrogen (secondary N) is 4. The van der Waals surface area contributed by atoms with Gasteiger partial charge in [-0.1, -0.05) is 42.6 Å². The van der Waals surface area contributed by atoms with Gasteiger partial charge in [0.05, 0.1) is 49.0 Å². The number of halogens is 4. The van der Waals surface area contributed by atoms with E-state index in [2.05, 4.69) is 59.4 Å². The molecule has 4 amide bonds. The third-order valence-corrected chi connectivity index (χ3v) is 18.8. The number of aliphatic hydroxyl groups excluding tert-OH is 2. The molecule has 7 heterocycles. The van der Waals surface area contributed by atoms with E-state index >= 15 is 0 Å². The number of alkyl halides is 3. The van der Waals surface area contributed by atoms with Gasteiger partial charge in [-0.3, -0.25) is 0 Å². The van der Waals surface area contributed by atoms with Crippen molar-refractivity contribution in [2.24, 2.45) is 23.7 Å². The van der Waals surface area contributed by atoms with Gasteiger partial charge in [0.25, 0.3) is 0 Å². The quantitative estimate of drug-likeness (QED) is 0.0656. The predicted molar refractivity (Wildman–Crippen MR) is 320 cm³/mol. The average molecular weight is 1170 g/mol. The summed E-state index contributed by atoms with van der Waals surface area (Å²) < 4.78 is 61.1. The highest BCUT2D eigenvalue weighted by molar-refractivity contribution is 6.62. The van der Waals surface area contributed by atoms with Gasteiger partial charge in [-0.05, 0) is 188 Å². The van der Waals surface area contributed by atoms with Crippen LogP contribution in [0.15, 0.2) is 60.7 Å². The van der Waals surface area contributed by atoms with Gasteiger partial charge in [0, 0.05) is 85.1 Å². The fourth-order valence-electron chi connectivity index (χ4n) is 12.3. The molecule has 4 unspecified atom stereocenters. The minimum Gasteiger partial charge on any atom is -0.399 e. The van der Waals surface area contributed by atoms with Crippen molar-refractivity contribution in [1.82, 2.24) is 19.8 Å². The highest BCUT2D eigenvalue weighted by Gasteiger charge is 2.59. The molecule has 2 saturated carbocycles. The number of likely N-dealkylation sites (tertiary alicyclic amines) is 2. The van der Waals surface area contributed by atoms with Gasteiger partial charge in [-0.25, -0.2) is 19.6 Å². The number of benzene rings is 2. The second kappa shape index (κ2) is 25.4. The normalized spacial score (nSPS) is 26.3. The van der Waals surface area contributed by atoms with Gasteiger partial charge < -0.3 is 60.1 Å². The lowest BCUT2D eigenvalue weighted by molar-refractivity contribution is -0.143. The van der Waals surface area contributed by atoms with Crippen molar-refractivity contribution in [3.05, 3.63) is 88.2 Å². The van der Waals surface area contributed by atoms with E-state index in [1.807, 2.05) is 77.6 Å². The Labute approximate surface area is 492 Å². The number of aryl methyl sites for hydroxylation is 2. The van der Waals surface area contributed by atoms with Crippen molar-refractivity contribution in [3.63, 3.8) is 0 Å². The monoisotopic (exact) mass is 1170 g/mol. The molecule has 21 heteroatoms. The van der Waals surface area contributed by atoms with E-state index in [9.17, 15) is 27.9 Å². The lowest BCUT2D eigenvalue weighted by Gasteiger charge is -2.32. The number of amides is 4. The molecular formula is C62H85BClF3N8O8. The number of anilines is 4. The van der Waals surface area contributed by atoms with Crippen LogP contribution < -0.4 is 26.7 Å². The zero-order chi connectivity index (χ0) is 59.6. The van der Waals surface area contributed by atoms with Crippen LogP contribution in [0, 0.1) is 37.5 Å². The summed E-state index contributed by atoms with van der Waals surface area (Å²) in [6.07, 6.45) is 1.78. The number of urea groups is 2. The second-order valence-corrected chi connectivity index (χ2v) is 25.8. The number of aliphatic hydroxyl groups is 2. The molecule has 452 valence electrons. The lowest BCUT2D eigenvalue weighted by Crippen LogP contribution is -2.41. The molecule has 83 heavy (non-hydrogen) atoms. The van der Waals surface area contributed by atoms with Crippen LogP contribution >= 0.6 is 11.6 Å². The van der Waals surface area contributed by atoms with E-state index in [1.54, 1.807) is 12.1 Å². The van der Waals surface area contributed by atoms with Crippen LogP contribution in [0.2, 0.25) is 5.02 Å². The van der Waals surface area contributed by atoms with Crippen LogP contribution in [0.1, 0.15) is 122 Å². The minimum absolute atomic E-state index is 0.0211. The van der Waals surface area contributed by atoms with Gasteiger partial charge >= 0.3 is 25.4 Å². The third-order valence-electron chi connectivity index (χ3n) is 18.5. The number of ether oxygens (including phenoxy) is 2. The number of hydrogen-bond donors (Lipinski definition) is 6. The molecule has 0 radical (unpaired) electrons. The van der Waals surface area contributed by atoms with Crippen LogP contribution in [0.5, 0.6) is 0 Å². The zero-order valence-corrected chi connectivity index (χ0v) is 50.4. The summed E-state index contributed by atoms with van der Waals surface area (Å²) in [6.45, 7) is 23.4. The van der Waals surface area contributed by atoms with Crippen molar-refractivity contribution in [3.8, 4) is 11.1 Å². The van der Waals surface area contributed by atoms with E-state index in [0.717, 1.165) is 134 Å². The Bertz CT molecular complexity index is 2940. The number of carbonyl (C=O) groups excluding carboxylic acids is 2. The summed E-state index contributed by atoms with van der Waals surface area (Å²) in [7, 11) is -0.556. The standard InChI is InChI=1S/C28H38N4O3.C20H28BF3N2O3.C14H19ClN2O2/c1-4-20-7-9-32(15-20)27(34)30-23-6-5-18(2)24(13-23)21-11-25(28-8-10-35-17-22(28)14-28)31-26(12-21)29-19(3)16-33;1-13-6-7-15(10-16(13)21-28-18(2,3)19(4,5)29-21)25-17(27)26-9-8-14(12-26)11-20(22,23)24;1-9(7-18)16-13-5-11(15)4-12(17-13)14-2-3-19-8-10(14)6-14/h5-6,11-13,19-20,22,33H,4,7-10,14-17H2,1-3H3,(H,29,31)(H,30,34);6-7,10,14H,8-9,11-12H2,1-5H3,(H,25,27);4-5,9-10,18H,2-3,6-8H2,1H3,(H,16,17)/t19-,20-,22?,28?;14-;9-,10?,14?/m101/s1. The smallest absolute Gasteiger partial charge is 0.399 e. The molecule has 2 aliphatic carbocycles. The van der Waals surface area contributed by atoms with Gasteiger partial charge in [0.2, 0.25) is 0 Å². The van der Waals surface area contributed by atoms with E-state index in [-0.39, 0.29) is 48.7 Å². The van der Waals surface area contributed by atoms with Crippen LogP contribution in [-0.2, 0) is 29.6 Å². The lowest BCUT2D eigenvalue weighted by atomic mass is 9.76. The Morgan fingerprint density at radius 3 is 1.76 bits per heavy atom. The summed E-state index contributed by atoms with van der Waals surface area (Å²) in [5, 5.41) is 31.8. The first-order chi connectivity index (χ1) is 39.3. The first kappa shape index (κ1) is 62.3. The molecule has 7 fully saturated rings. The molecule has 8 atom stereocenters. The minimum atomic E-state index is -4.20. The average Bonchev–Trinajstić information content (AvgIpc) is 2.26.